The maximum Gasteiger partial charge on any atom is 0.317 e. The molecule has 2 fully saturated rings. The van der Waals surface area contributed by atoms with Gasteiger partial charge in [-0.05, 0) is 36.7 Å². The van der Waals surface area contributed by atoms with E-state index in [1.807, 2.05) is 22.8 Å². The Balaban J connectivity index is 1.56. The quantitative estimate of drug-likeness (QED) is 0.917. The van der Waals surface area contributed by atoms with E-state index in [0.717, 1.165) is 13.1 Å². The highest BCUT2D eigenvalue weighted by Gasteiger charge is 2.40. The topological polar surface area (TPSA) is 50.2 Å². The number of aromatic nitrogens is 2. The van der Waals surface area contributed by atoms with Crippen LogP contribution in [0.4, 0.5) is 4.79 Å². The summed E-state index contributed by atoms with van der Waals surface area (Å²) in [5.74, 6) is 0.761. The third-order valence-corrected chi connectivity index (χ3v) is 6.16. The first-order chi connectivity index (χ1) is 11.5. The average molecular weight is 332 g/mol. The second kappa shape index (κ2) is 7.16. The summed E-state index contributed by atoms with van der Waals surface area (Å²) in [5.41, 5.74) is 1.62. The Morgan fingerprint density at radius 1 is 1.29 bits per heavy atom. The van der Waals surface area contributed by atoms with E-state index in [0.29, 0.717) is 23.8 Å². The van der Waals surface area contributed by atoms with E-state index in [4.69, 9.17) is 0 Å². The summed E-state index contributed by atoms with van der Waals surface area (Å²) in [4.78, 5) is 14.7. The summed E-state index contributed by atoms with van der Waals surface area (Å²) in [5, 5.41) is 7.46. The number of hydrogen-bond acceptors (Lipinski definition) is 2. The normalized spacial score (nSPS) is 21.4. The first kappa shape index (κ1) is 17.3. The molecule has 5 nitrogen and oxygen atoms in total. The third kappa shape index (κ3) is 3.60. The molecule has 3 rings (SSSR count). The van der Waals surface area contributed by atoms with Gasteiger partial charge in [-0.2, -0.15) is 5.10 Å². The van der Waals surface area contributed by atoms with Crippen molar-refractivity contribution in [2.75, 3.05) is 19.6 Å². The van der Waals surface area contributed by atoms with Gasteiger partial charge in [0.1, 0.15) is 0 Å². The molecule has 1 aromatic rings. The van der Waals surface area contributed by atoms with E-state index in [1.54, 1.807) is 0 Å². The van der Waals surface area contributed by atoms with E-state index in [9.17, 15) is 4.79 Å². The zero-order chi connectivity index (χ0) is 17.2. The summed E-state index contributed by atoms with van der Waals surface area (Å²) < 4.78 is 1.92. The standard InChI is InChI=1S/C19H32N4O/c1-15(2)16(17-7-11-21-22(17)3)13-20-18(24)23-12-10-19(14-23)8-5-4-6-9-19/h7,11,15-16H,4-6,8-10,12-14H2,1-3H3,(H,20,24)/t16-/m0/s1. The molecule has 2 amide bonds. The van der Waals surface area contributed by atoms with Gasteiger partial charge in [-0.15, -0.1) is 0 Å². The first-order valence-electron chi connectivity index (χ1n) is 9.51. The van der Waals surface area contributed by atoms with Crippen LogP contribution in [0.1, 0.15) is 64.0 Å². The molecule has 1 atom stereocenters. The number of rotatable bonds is 4. The molecule has 0 radical (unpaired) electrons. The summed E-state index contributed by atoms with van der Waals surface area (Å²) in [6.45, 7) is 6.97. The molecule has 134 valence electrons. The fourth-order valence-corrected chi connectivity index (χ4v) is 4.56. The number of carbonyl (C=O) groups is 1. The Hall–Kier alpha value is -1.52. The van der Waals surface area contributed by atoms with Crippen molar-refractivity contribution in [2.24, 2.45) is 18.4 Å². The van der Waals surface area contributed by atoms with E-state index < -0.39 is 0 Å². The second-order valence-electron chi connectivity index (χ2n) is 8.15. The number of amides is 2. The minimum absolute atomic E-state index is 0.116. The zero-order valence-corrected chi connectivity index (χ0v) is 15.4. The Bertz CT molecular complexity index is 559. The lowest BCUT2D eigenvalue weighted by Gasteiger charge is -2.33. The van der Waals surface area contributed by atoms with Crippen LogP contribution in [0.3, 0.4) is 0 Å². The van der Waals surface area contributed by atoms with Crippen LogP contribution in [-0.2, 0) is 7.05 Å². The number of nitrogens with zero attached hydrogens (tertiary/aromatic N) is 3. The van der Waals surface area contributed by atoms with E-state index in [1.165, 1.54) is 44.2 Å². The summed E-state index contributed by atoms with van der Waals surface area (Å²) in [6.07, 6.45) is 9.68. The molecule has 1 spiro atoms. The highest BCUT2D eigenvalue weighted by Crippen LogP contribution is 2.43. The van der Waals surface area contributed by atoms with Gasteiger partial charge >= 0.3 is 6.03 Å². The predicted molar refractivity (Wildman–Crippen MR) is 95.9 cm³/mol. The number of aryl methyl sites for hydroxylation is 1. The van der Waals surface area contributed by atoms with Crippen LogP contribution in [0.5, 0.6) is 0 Å². The molecule has 0 unspecified atom stereocenters. The van der Waals surface area contributed by atoms with Crippen molar-refractivity contribution in [3.63, 3.8) is 0 Å². The van der Waals surface area contributed by atoms with Gasteiger partial charge in [0.05, 0.1) is 0 Å². The fraction of sp³-hybridized carbons (Fsp3) is 0.789. The van der Waals surface area contributed by atoms with Crippen LogP contribution < -0.4 is 5.32 Å². The lowest BCUT2D eigenvalue weighted by molar-refractivity contribution is 0.176. The Labute approximate surface area is 145 Å². The molecule has 2 aliphatic rings. The smallest absolute Gasteiger partial charge is 0.317 e. The van der Waals surface area contributed by atoms with Crippen LogP contribution in [0.2, 0.25) is 0 Å². The minimum atomic E-state index is 0.116. The highest BCUT2D eigenvalue weighted by atomic mass is 16.2. The van der Waals surface area contributed by atoms with E-state index in [2.05, 4.69) is 30.3 Å². The maximum atomic E-state index is 12.6. The van der Waals surface area contributed by atoms with Crippen molar-refractivity contribution >= 4 is 6.03 Å². The Morgan fingerprint density at radius 3 is 2.67 bits per heavy atom. The van der Waals surface area contributed by atoms with Crippen LogP contribution in [0, 0.1) is 11.3 Å². The van der Waals surface area contributed by atoms with Crippen LogP contribution in [0.25, 0.3) is 0 Å². The summed E-state index contributed by atoms with van der Waals surface area (Å²) in [7, 11) is 1.97. The SMILES string of the molecule is CC(C)[C@H](CNC(=O)N1CCC2(CCCCC2)C1)c1ccnn1C. The zero-order valence-electron chi connectivity index (χ0n) is 15.4. The number of nitrogens with one attached hydrogen (secondary N) is 1. The van der Waals surface area contributed by atoms with E-state index >= 15 is 0 Å². The van der Waals surface area contributed by atoms with Gasteiger partial charge in [-0.1, -0.05) is 33.1 Å². The van der Waals surface area contributed by atoms with Crippen molar-refractivity contribution in [1.29, 1.82) is 0 Å². The predicted octanol–water partition coefficient (Wildman–Crippen LogP) is 3.53. The monoisotopic (exact) mass is 332 g/mol. The van der Waals surface area contributed by atoms with Gasteiger partial charge in [0.25, 0.3) is 0 Å². The summed E-state index contributed by atoms with van der Waals surface area (Å²) in [6, 6.07) is 2.18. The molecule has 1 saturated carbocycles. The number of hydrogen-bond donors (Lipinski definition) is 1. The van der Waals surface area contributed by atoms with Crippen molar-refractivity contribution in [3.8, 4) is 0 Å². The van der Waals surface area contributed by atoms with Crippen molar-refractivity contribution in [3.05, 3.63) is 18.0 Å². The molecule has 1 aliphatic carbocycles. The van der Waals surface area contributed by atoms with E-state index in [-0.39, 0.29) is 6.03 Å². The minimum Gasteiger partial charge on any atom is -0.337 e. The molecule has 2 heterocycles. The molecular formula is C19H32N4O. The lowest BCUT2D eigenvalue weighted by Crippen LogP contribution is -2.42. The highest BCUT2D eigenvalue weighted by molar-refractivity contribution is 5.74. The number of likely N-dealkylation sites (tertiary alicyclic amines) is 1. The molecule has 0 aromatic carbocycles. The molecule has 1 aromatic heterocycles. The molecule has 1 aliphatic heterocycles. The van der Waals surface area contributed by atoms with Crippen LogP contribution >= 0.6 is 0 Å². The molecule has 1 N–H and O–H groups in total. The van der Waals surface area contributed by atoms with Crippen LogP contribution in [-0.4, -0.2) is 40.3 Å². The van der Waals surface area contributed by atoms with Crippen molar-refractivity contribution < 1.29 is 4.79 Å². The van der Waals surface area contributed by atoms with Gasteiger partial charge in [-0.25, -0.2) is 4.79 Å². The molecule has 5 heteroatoms. The van der Waals surface area contributed by atoms with Gasteiger partial charge in [-0.3, -0.25) is 4.68 Å². The van der Waals surface area contributed by atoms with Gasteiger partial charge < -0.3 is 10.2 Å². The largest absolute Gasteiger partial charge is 0.337 e. The second-order valence-corrected chi connectivity index (χ2v) is 8.15. The lowest BCUT2D eigenvalue weighted by atomic mass is 9.73. The van der Waals surface area contributed by atoms with Crippen molar-refractivity contribution in [1.82, 2.24) is 20.0 Å². The fourth-order valence-electron chi connectivity index (χ4n) is 4.56. The molecular weight excluding hydrogens is 300 g/mol. The summed E-state index contributed by atoms with van der Waals surface area (Å²) >= 11 is 0. The van der Waals surface area contributed by atoms with Crippen LogP contribution in [0.15, 0.2) is 12.3 Å². The van der Waals surface area contributed by atoms with Gasteiger partial charge in [0.15, 0.2) is 0 Å². The average Bonchev–Trinajstić information content (AvgIpc) is 3.15. The van der Waals surface area contributed by atoms with Gasteiger partial charge in [0.2, 0.25) is 0 Å². The maximum absolute atomic E-state index is 12.6. The molecule has 24 heavy (non-hydrogen) atoms. The van der Waals surface area contributed by atoms with Gasteiger partial charge in [0, 0.05) is 44.5 Å². The van der Waals surface area contributed by atoms with Crippen molar-refractivity contribution in [2.45, 2.75) is 58.3 Å². The number of carbonyl (C=O) groups excluding carboxylic acids is 1. The third-order valence-electron chi connectivity index (χ3n) is 6.16. The number of urea groups is 1. The Morgan fingerprint density at radius 2 is 2.04 bits per heavy atom. The molecule has 1 saturated heterocycles. The first-order valence-corrected chi connectivity index (χ1v) is 9.51. The molecule has 0 bridgehead atoms. The Kier molecular flexibility index (Phi) is 5.16.